The molecule has 6 heteroatoms. The van der Waals surface area contributed by atoms with Crippen LogP contribution in [0.2, 0.25) is 0 Å². The molecule has 4 heterocycles. The van der Waals surface area contributed by atoms with Gasteiger partial charge in [-0.25, -0.2) is 0 Å². The average Bonchev–Trinajstić information content (AvgIpc) is 3.08. The topological polar surface area (TPSA) is 64.6 Å². The first-order valence-corrected chi connectivity index (χ1v) is 9.50. The summed E-state index contributed by atoms with van der Waals surface area (Å²) in [5.41, 5.74) is 2.47. The highest BCUT2D eigenvalue weighted by Gasteiger charge is 2.54. The molecule has 2 aromatic heterocycles. The van der Waals surface area contributed by atoms with Crippen LogP contribution in [-0.4, -0.2) is 52.7 Å². The Morgan fingerprint density at radius 3 is 2.89 bits per heavy atom. The molecule has 2 saturated heterocycles. The normalized spacial score (nSPS) is 20.6. The number of pyridine rings is 2. The molecule has 1 spiro atoms. The number of aromatic nitrogens is 2. The maximum absolute atomic E-state index is 12.5. The number of hydrogen-bond acceptors (Lipinski definition) is 5. The highest BCUT2D eigenvalue weighted by molar-refractivity contribution is 5.94. The molecule has 6 nitrogen and oxygen atoms in total. The first-order valence-electron chi connectivity index (χ1n) is 9.50. The zero-order valence-electron chi connectivity index (χ0n) is 15.6. The smallest absolute Gasteiger partial charge is 0.254 e. The molecule has 1 atom stereocenters. The maximum atomic E-state index is 12.5. The van der Waals surface area contributed by atoms with Crippen LogP contribution in [0.15, 0.2) is 42.7 Å². The fourth-order valence-corrected chi connectivity index (χ4v) is 4.04. The van der Waals surface area contributed by atoms with Gasteiger partial charge in [0.15, 0.2) is 0 Å². The number of nitrogens with zero attached hydrogens (tertiary/aromatic N) is 3. The number of carbonyl (C=O) groups is 1. The summed E-state index contributed by atoms with van der Waals surface area (Å²) >= 11 is 0. The zero-order chi connectivity index (χ0) is 18.7. The van der Waals surface area contributed by atoms with Gasteiger partial charge in [-0.1, -0.05) is 6.07 Å². The molecule has 27 heavy (non-hydrogen) atoms. The summed E-state index contributed by atoms with van der Waals surface area (Å²) in [5, 5.41) is 0. The molecule has 4 rings (SSSR count). The van der Waals surface area contributed by atoms with Gasteiger partial charge >= 0.3 is 0 Å². The highest BCUT2D eigenvalue weighted by atomic mass is 16.5. The van der Waals surface area contributed by atoms with E-state index in [2.05, 4.69) is 9.97 Å². The molecule has 2 aliphatic heterocycles. The van der Waals surface area contributed by atoms with E-state index in [4.69, 9.17) is 9.47 Å². The fourth-order valence-electron chi connectivity index (χ4n) is 4.04. The van der Waals surface area contributed by atoms with Crippen molar-refractivity contribution in [3.63, 3.8) is 0 Å². The van der Waals surface area contributed by atoms with Crippen LogP contribution in [0.3, 0.4) is 0 Å². The average molecular weight is 367 g/mol. The summed E-state index contributed by atoms with van der Waals surface area (Å²) in [6.45, 7) is 5.30. The predicted octanol–water partition coefficient (Wildman–Crippen LogP) is 2.62. The standard InChI is InChI=1S/C21H25N3O3/c1-16-3-2-4-19(23-16)13-26-11-7-18-8-12-27-21(18)14-24(15-21)20(25)17-5-9-22-10-6-17/h2-6,9-10,18H,7-8,11-15H2,1H3/t18-/m0/s1. The maximum Gasteiger partial charge on any atom is 0.254 e. The Morgan fingerprint density at radius 2 is 2.11 bits per heavy atom. The van der Waals surface area contributed by atoms with Crippen LogP contribution in [0.25, 0.3) is 0 Å². The van der Waals surface area contributed by atoms with Gasteiger partial charge in [0, 0.05) is 36.9 Å². The molecular weight excluding hydrogens is 342 g/mol. The largest absolute Gasteiger partial charge is 0.375 e. The van der Waals surface area contributed by atoms with Gasteiger partial charge in [-0.05, 0) is 49.9 Å². The minimum atomic E-state index is -0.187. The van der Waals surface area contributed by atoms with Crippen molar-refractivity contribution in [3.8, 4) is 0 Å². The molecule has 0 N–H and O–H groups in total. The number of amides is 1. The number of ether oxygens (including phenoxy) is 2. The fraction of sp³-hybridized carbons (Fsp3) is 0.476. The lowest BCUT2D eigenvalue weighted by Crippen LogP contribution is -2.66. The molecular formula is C21H25N3O3. The Bertz CT molecular complexity index is 790. The number of rotatable bonds is 6. The number of likely N-dealkylation sites (tertiary alicyclic amines) is 1. The molecule has 2 aliphatic rings. The van der Waals surface area contributed by atoms with Crippen molar-refractivity contribution in [2.45, 2.75) is 32.0 Å². The van der Waals surface area contributed by atoms with Gasteiger partial charge in [-0.3, -0.25) is 14.8 Å². The van der Waals surface area contributed by atoms with E-state index in [1.54, 1.807) is 24.5 Å². The molecule has 0 aromatic carbocycles. The van der Waals surface area contributed by atoms with E-state index in [9.17, 15) is 4.79 Å². The quantitative estimate of drug-likeness (QED) is 0.735. The Kier molecular flexibility index (Phi) is 5.18. The number of hydrogen-bond donors (Lipinski definition) is 0. The summed E-state index contributed by atoms with van der Waals surface area (Å²) in [7, 11) is 0. The van der Waals surface area contributed by atoms with E-state index in [1.165, 1.54) is 0 Å². The second kappa shape index (κ2) is 7.74. The third-order valence-corrected chi connectivity index (χ3v) is 5.54. The molecule has 1 amide bonds. The summed E-state index contributed by atoms with van der Waals surface area (Å²) in [5.74, 6) is 0.489. The van der Waals surface area contributed by atoms with Crippen LogP contribution in [0, 0.1) is 12.8 Å². The molecule has 0 unspecified atom stereocenters. The van der Waals surface area contributed by atoms with E-state index < -0.39 is 0 Å². The van der Waals surface area contributed by atoms with Gasteiger partial charge in [0.1, 0.15) is 5.60 Å². The molecule has 0 radical (unpaired) electrons. The predicted molar refractivity (Wildman–Crippen MR) is 100 cm³/mol. The lowest BCUT2D eigenvalue weighted by Gasteiger charge is -2.50. The minimum Gasteiger partial charge on any atom is -0.375 e. The van der Waals surface area contributed by atoms with Crippen molar-refractivity contribution < 1.29 is 14.3 Å². The van der Waals surface area contributed by atoms with Gasteiger partial charge in [0.05, 0.1) is 25.4 Å². The van der Waals surface area contributed by atoms with Crippen LogP contribution < -0.4 is 0 Å². The molecule has 142 valence electrons. The third-order valence-electron chi connectivity index (χ3n) is 5.54. The van der Waals surface area contributed by atoms with E-state index in [-0.39, 0.29) is 11.5 Å². The Balaban J connectivity index is 1.26. The van der Waals surface area contributed by atoms with Crippen molar-refractivity contribution in [1.82, 2.24) is 14.9 Å². The van der Waals surface area contributed by atoms with Crippen LogP contribution in [0.5, 0.6) is 0 Å². The second-order valence-electron chi connectivity index (χ2n) is 7.41. The summed E-state index contributed by atoms with van der Waals surface area (Å²) in [6, 6.07) is 9.49. The van der Waals surface area contributed by atoms with Crippen molar-refractivity contribution >= 4 is 5.91 Å². The lowest BCUT2D eigenvalue weighted by molar-refractivity contribution is -0.120. The Labute approximate surface area is 159 Å². The van der Waals surface area contributed by atoms with Gasteiger partial charge in [0.25, 0.3) is 5.91 Å². The van der Waals surface area contributed by atoms with Crippen LogP contribution in [-0.2, 0) is 16.1 Å². The first kappa shape index (κ1) is 18.1. The van der Waals surface area contributed by atoms with Crippen molar-refractivity contribution in [3.05, 3.63) is 59.7 Å². The van der Waals surface area contributed by atoms with E-state index in [0.717, 1.165) is 30.8 Å². The lowest BCUT2D eigenvalue weighted by atomic mass is 9.79. The summed E-state index contributed by atoms with van der Waals surface area (Å²) in [6.07, 6.45) is 5.28. The number of carbonyl (C=O) groups excluding carboxylic acids is 1. The number of aryl methyl sites for hydroxylation is 1. The van der Waals surface area contributed by atoms with Crippen LogP contribution in [0.4, 0.5) is 0 Å². The summed E-state index contributed by atoms with van der Waals surface area (Å²) in [4.78, 5) is 22.8. The third kappa shape index (κ3) is 3.87. The molecule has 0 aliphatic carbocycles. The monoisotopic (exact) mass is 367 g/mol. The summed E-state index contributed by atoms with van der Waals surface area (Å²) < 4.78 is 11.9. The van der Waals surface area contributed by atoms with E-state index in [1.807, 2.05) is 30.0 Å². The molecule has 0 bridgehead atoms. The van der Waals surface area contributed by atoms with Crippen LogP contribution in [0.1, 0.15) is 34.6 Å². The van der Waals surface area contributed by atoms with Crippen molar-refractivity contribution in [2.24, 2.45) is 5.92 Å². The van der Waals surface area contributed by atoms with Gasteiger partial charge in [-0.2, -0.15) is 0 Å². The van der Waals surface area contributed by atoms with E-state index >= 15 is 0 Å². The highest BCUT2D eigenvalue weighted by Crippen LogP contribution is 2.42. The van der Waals surface area contributed by atoms with Crippen molar-refractivity contribution in [2.75, 3.05) is 26.3 Å². The van der Waals surface area contributed by atoms with Crippen molar-refractivity contribution in [1.29, 1.82) is 0 Å². The van der Waals surface area contributed by atoms with Gasteiger partial charge in [-0.15, -0.1) is 0 Å². The Hall–Kier alpha value is -2.31. The first-order chi connectivity index (χ1) is 13.2. The molecule has 2 fully saturated rings. The minimum absolute atomic E-state index is 0.0547. The van der Waals surface area contributed by atoms with Crippen LogP contribution >= 0.6 is 0 Å². The molecule has 0 saturated carbocycles. The van der Waals surface area contributed by atoms with E-state index in [0.29, 0.717) is 37.8 Å². The van der Waals surface area contributed by atoms with Gasteiger partial charge in [0.2, 0.25) is 0 Å². The zero-order valence-corrected chi connectivity index (χ0v) is 15.6. The SMILES string of the molecule is Cc1cccc(COCC[C@H]2CCOC23CN(C(=O)c2ccncc2)C3)n1. The Morgan fingerprint density at radius 1 is 1.30 bits per heavy atom. The van der Waals surface area contributed by atoms with Gasteiger partial charge < -0.3 is 14.4 Å². The molecule has 2 aromatic rings. The second-order valence-corrected chi connectivity index (χ2v) is 7.41.